The largest absolute Gasteiger partial charge is 0.451 e. The molecule has 1 aromatic carbocycles. The highest BCUT2D eigenvalue weighted by Crippen LogP contribution is 2.21. The van der Waals surface area contributed by atoms with Crippen molar-refractivity contribution in [3.8, 4) is 0 Å². The molecule has 0 saturated carbocycles. The average Bonchev–Trinajstić information content (AvgIpc) is 3.06. The smallest absolute Gasteiger partial charge is 0.287 e. The molecule has 3 aromatic rings. The molecule has 4 rings (SSSR count). The van der Waals surface area contributed by atoms with Gasteiger partial charge in [0.25, 0.3) is 5.91 Å². The first-order chi connectivity index (χ1) is 12.2. The van der Waals surface area contributed by atoms with Crippen LogP contribution in [0, 0.1) is 5.82 Å². The minimum Gasteiger partial charge on any atom is -0.451 e. The molecule has 0 spiro atoms. The Labute approximate surface area is 143 Å². The summed E-state index contributed by atoms with van der Waals surface area (Å²) in [5, 5.41) is 3.56. The minimum atomic E-state index is -0.356. The van der Waals surface area contributed by atoms with Crippen molar-refractivity contribution in [1.82, 2.24) is 15.3 Å². The Morgan fingerprint density at radius 1 is 1.28 bits per heavy atom. The molecular weight excluding hydrogens is 323 g/mol. The first-order valence-electron chi connectivity index (χ1n) is 8.21. The van der Waals surface area contributed by atoms with Gasteiger partial charge in [-0.05, 0) is 43.2 Å². The summed E-state index contributed by atoms with van der Waals surface area (Å²) in [7, 11) is 0. The Morgan fingerprint density at radius 2 is 2.12 bits per heavy atom. The lowest BCUT2D eigenvalue weighted by Gasteiger charge is -2.32. The maximum atomic E-state index is 13.3. The number of hydrogen-bond acceptors (Lipinski definition) is 5. The molecular formula is C18H17FN4O2. The molecule has 0 bridgehead atoms. The number of nitrogens with zero attached hydrogens (tertiary/aromatic N) is 3. The van der Waals surface area contributed by atoms with E-state index in [-0.39, 0.29) is 23.5 Å². The number of carbonyl (C=O) groups excluding carboxylic acids is 1. The summed E-state index contributed by atoms with van der Waals surface area (Å²) in [5.41, 5.74) is 0.495. The molecule has 6 nitrogen and oxygen atoms in total. The van der Waals surface area contributed by atoms with Crippen LogP contribution in [0.25, 0.3) is 11.0 Å². The van der Waals surface area contributed by atoms with Crippen molar-refractivity contribution in [2.45, 2.75) is 18.9 Å². The predicted octanol–water partition coefficient (Wildman–Crippen LogP) is 2.76. The van der Waals surface area contributed by atoms with Crippen molar-refractivity contribution in [1.29, 1.82) is 0 Å². The van der Waals surface area contributed by atoms with Gasteiger partial charge in [0.15, 0.2) is 5.76 Å². The molecule has 25 heavy (non-hydrogen) atoms. The number of amides is 1. The molecule has 0 radical (unpaired) electrons. The van der Waals surface area contributed by atoms with E-state index in [0.717, 1.165) is 19.4 Å². The van der Waals surface area contributed by atoms with Crippen LogP contribution < -0.4 is 10.2 Å². The molecule has 1 fully saturated rings. The van der Waals surface area contributed by atoms with E-state index in [2.05, 4.69) is 20.2 Å². The Balaban J connectivity index is 1.46. The highest BCUT2D eigenvalue weighted by Gasteiger charge is 2.24. The Hall–Kier alpha value is -2.96. The van der Waals surface area contributed by atoms with Crippen molar-refractivity contribution < 1.29 is 13.6 Å². The monoisotopic (exact) mass is 340 g/mol. The Bertz CT molecular complexity index is 896. The van der Waals surface area contributed by atoms with E-state index in [0.29, 0.717) is 23.5 Å². The number of halogens is 1. The van der Waals surface area contributed by atoms with E-state index in [1.165, 1.54) is 18.2 Å². The first-order valence-corrected chi connectivity index (χ1v) is 8.21. The molecule has 1 aliphatic heterocycles. The molecule has 1 amide bonds. The van der Waals surface area contributed by atoms with Gasteiger partial charge in [-0.15, -0.1) is 0 Å². The maximum Gasteiger partial charge on any atom is 0.287 e. The maximum absolute atomic E-state index is 13.3. The first kappa shape index (κ1) is 15.6. The van der Waals surface area contributed by atoms with E-state index in [1.807, 2.05) is 0 Å². The molecule has 3 heterocycles. The molecule has 1 atom stereocenters. The lowest BCUT2D eigenvalue weighted by atomic mass is 10.1. The van der Waals surface area contributed by atoms with Crippen LogP contribution in [0.3, 0.4) is 0 Å². The molecule has 0 aliphatic carbocycles. The second-order valence-corrected chi connectivity index (χ2v) is 6.10. The Morgan fingerprint density at radius 3 is 2.96 bits per heavy atom. The molecule has 128 valence electrons. The average molecular weight is 340 g/mol. The van der Waals surface area contributed by atoms with Gasteiger partial charge in [0.05, 0.1) is 0 Å². The number of aromatic nitrogens is 2. The minimum absolute atomic E-state index is 0.0185. The van der Waals surface area contributed by atoms with Gasteiger partial charge >= 0.3 is 0 Å². The molecule has 0 unspecified atom stereocenters. The molecule has 2 aromatic heterocycles. The number of carbonyl (C=O) groups is 1. The van der Waals surface area contributed by atoms with Gasteiger partial charge in [-0.2, -0.15) is 0 Å². The van der Waals surface area contributed by atoms with Gasteiger partial charge in [0.1, 0.15) is 11.4 Å². The summed E-state index contributed by atoms with van der Waals surface area (Å²) in [4.78, 5) is 23.0. The normalized spacial score (nSPS) is 17.6. The van der Waals surface area contributed by atoms with Crippen LogP contribution in [0.2, 0.25) is 0 Å². The number of fused-ring (bicyclic) bond motifs is 1. The zero-order valence-corrected chi connectivity index (χ0v) is 13.5. The Kier molecular flexibility index (Phi) is 4.05. The van der Waals surface area contributed by atoms with Gasteiger partial charge in [0.2, 0.25) is 5.95 Å². The topological polar surface area (TPSA) is 71.3 Å². The van der Waals surface area contributed by atoms with Crippen LogP contribution in [-0.2, 0) is 0 Å². The van der Waals surface area contributed by atoms with Crippen LogP contribution in [-0.4, -0.2) is 35.0 Å². The van der Waals surface area contributed by atoms with Crippen LogP contribution >= 0.6 is 0 Å². The summed E-state index contributed by atoms with van der Waals surface area (Å²) in [5.74, 6) is 0.206. The molecule has 1 saturated heterocycles. The third kappa shape index (κ3) is 3.31. The lowest BCUT2D eigenvalue weighted by molar-refractivity contribution is 0.0907. The summed E-state index contributed by atoms with van der Waals surface area (Å²) in [6.07, 6.45) is 5.23. The fraction of sp³-hybridized carbons (Fsp3) is 0.278. The molecule has 7 heteroatoms. The van der Waals surface area contributed by atoms with Gasteiger partial charge in [-0.1, -0.05) is 0 Å². The van der Waals surface area contributed by atoms with Crippen LogP contribution in [0.4, 0.5) is 10.3 Å². The summed E-state index contributed by atoms with van der Waals surface area (Å²) in [6.45, 7) is 1.50. The van der Waals surface area contributed by atoms with E-state index in [9.17, 15) is 9.18 Å². The van der Waals surface area contributed by atoms with Crippen LogP contribution in [0.15, 0.2) is 47.1 Å². The van der Waals surface area contributed by atoms with Crippen molar-refractivity contribution in [2.24, 2.45) is 0 Å². The number of rotatable bonds is 3. The highest BCUT2D eigenvalue weighted by atomic mass is 19.1. The van der Waals surface area contributed by atoms with E-state index >= 15 is 0 Å². The third-order valence-corrected chi connectivity index (χ3v) is 4.29. The van der Waals surface area contributed by atoms with E-state index in [4.69, 9.17) is 4.42 Å². The second-order valence-electron chi connectivity index (χ2n) is 6.10. The van der Waals surface area contributed by atoms with Gasteiger partial charge in [-0.3, -0.25) is 4.79 Å². The standard InChI is InChI=1S/C18H17FN4O2/c19-13-4-5-15-12(9-13)10-16(25-15)17(24)22-14-3-1-8-23(11-14)18-20-6-2-7-21-18/h2,4-7,9-10,14H,1,3,8,11H2,(H,22,24)/t14-/m1/s1. The van der Waals surface area contributed by atoms with Gasteiger partial charge in [0, 0.05) is 36.9 Å². The molecule has 1 aliphatic rings. The number of nitrogens with one attached hydrogen (secondary N) is 1. The van der Waals surface area contributed by atoms with Crippen molar-refractivity contribution in [2.75, 3.05) is 18.0 Å². The van der Waals surface area contributed by atoms with E-state index < -0.39 is 0 Å². The van der Waals surface area contributed by atoms with Gasteiger partial charge in [-0.25, -0.2) is 14.4 Å². The molecule has 1 N–H and O–H groups in total. The summed E-state index contributed by atoms with van der Waals surface area (Å²) < 4.78 is 18.8. The van der Waals surface area contributed by atoms with Crippen LogP contribution in [0.1, 0.15) is 23.4 Å². The van der Waals surface area contributed by atoms with E-state index in [1.54, 1.807) is 24.5 Å². The van der Waals surface area contributed by atoms with Crippen LogP contribution in [0.5, 0.6) is 0 Å². The number of furan rings is 1. The number of hydrogen-bond donors (Lipinski definition) is 1. The zero-order chi connectivity index (χ0) is 17.2. The predicted molar refractivity (Wildman–Crippen MR) is 90.9 cm³/mol. The van der Waals surface area contributed by atoms with Crippen molar-refractivity contribution in [3.63, 3.8) is 0 Å². The summed E-state index contributed by atoms with van der Waals surface area (Å²) >= 11 is 0. The second kappa shape index (κ2) is 6.51. The lowest BCUT2D eigenvalue weighted by Crippen LogP contribution is -2.48. The quantitative estimate of drug-likeness (QED) is 0.794. The van der Waals surface area contributed by atoms with Gasteiger partial charge < -0.3 is 14.6 Å². The highest BCUT2D eigenvalue weighted by molar-refractivity contribution is 5.96. The number of anilines is 1. The fourth-order valence-corrected chi connectivity index (χ4v) is 3.11. The van der Waals surface area contributed by atoms with Crippen molar-refractivity contribution in [3.05, 3.63) is 54.3 Å². The fourth-order valence-electron chi connectivity index (χ4n) is 3.11. The number of piperidine rings is 1. The summed E-state index contributed by atoms with van der Waals surface area (Å²) in [6, 6.07) is 7.51. The third-order valence-electron chi connectivity index (χ3n) is 4.29. The SMILES string of the molecule is O=C(N[C@@H]1CCCN(c2ncccn2)C1)c1cc2cc(F)ccc2o1. The zero-order valence-electron chi connectivity index (χ0n) is 13.5. The van der Waals surface area contributed by atoms with Crippen molar-refractivity contribution >= 4 is 22.8 Å². The number of benzene rings is 1.